The normalized spacial score (nSPS) is 21.2. The average molecular weight is 331 g/mol. The van der Waals surface area contributed by atoms with Gasteiger partial charge >= 0.3 is 6.03 Å². The first-order valence-electron chi connectivity index (χ1n) is 8.46. The number of rotatable bonds is 3. The maximum atomic E-state index is 12.7. The molecule has 2 aliphatic heterocycles. The van der Waals surface area contributed by atoms with Gasteiger partial charge in [0.25, 0.3) is 0 Å². The minimum Gasteiger partial charge on any atom is -0.396 e. The highest BCUT2D eigenvalue weighted by molar-refractivity contribution is 6.02. The van der Waals surface area contributed by atoms with Gasteiger partial charge in [0.1, 0.15) is 6.04 Å². The smallest absolute Gasteiger partial charge is 0.318 e. The molecule has 0 aromatic heterocycles. The van der Waals surface area contributed by atoms with Crippen molar-refractivity contribution in [2.75, 3.05) is 31.1 Å². The fraction of sp³-hybridized carbons (Fsp3) is 0.556. The Kier molecular flexibility index (Phi) is 4.49. The maximum absolute atomic E-state index is 12.7. The zero-order chi connectivity index (χ0) is 17.4. The lowest BCUT2D eigenvalue weighted by atomic mass is 10.0. The molecule has 130 valence electrons. The zero-order valence-corrected chi connectivity index (χ0v) is 14.5. The highest BCUT2D eigenvalue weighted by Crippen LogP contribution is 2.30. The number of benzene rings is 1. The number of carbonyl (C=O) groups is 2. The van der Waals surface area contributed by atoms with E-state index in [1.54, 1.807) is 9.80 Å². The fourth-order valence-electron chi connectivity index (χ4n) is 3.73. The molecule has 2 heterocycles. The summed E-state index contributed by atoms with van der Waals surface area (Å²) in [7, 11) is 0. The number of urea groups is 1. The van der Waals surface area contributed by atoms with Crippen LogP contribution in [0.5, 0.6) is 0 Å². The summed E-state index contributed by atoms with van der Waals surface area (Å²) in [6.07, 6.45) is 0.620. The van der Waals surface area contributed by atoms with Crippen LogP contribution >= 0.6 is 0 Å². The van der Waals surface area contributed by atoms with Crippen molar-refractivity contribution >= 4 is 17.6 Å². The Bertz CT molecular complexity index is 644. The van der Waals surface area contributed by atoms with Crippen LogP contribution in [0.15, 0.2) is 12.1 Å². The molecule has 6 nitrogen and oxygen atoms in total. The number of carbonyl (C=O) groups excluding carboxylic acids is 2. The molecule has 3 amide bonds. The van der Waals surface area contributed by atoms with Gasteiger partial charge in [0.15, 0.2) is 0 Å². The molecular formula is C18H25N3O3. The molecule has 0 spiro atoms. The van der Waals surface area contributed by atoms with E-state index in [0.717, 1.165) is 16.8 Å². The molecule has 0 radical (unpaired) electrons. The number of anilines is 1. The summed E-state index contributed by atoms with van der Waals surface area (Å²) in [6, 6.07) is 3.48. The Morgan fingerprint density at radius 3 is 2.46 bits per heavy atom. The van der Waals surface area contributed by atoms with Gasteiger partial charge in [-0.25, -0.2) is 4.79 Å². The van der Waals surface area contributed by atoms with Crippen LogP contribution in [0, 0.1) is 26.7 Å². The van der Waals surface area contributed by atoms with E-state index >= 15 is 0 Å². The van der Waals surface area contributed by atoms with Crippen LogP contribution < -0.4 is 10.2 Å². The van der Waals surface area contributed by atoms with Crippen LogP contribution in [0.2, 0.25) is 0 Å². The van der Waals surface area contributed by atoms with Crippen molar-refractivity contribution < 1.29 is 14.7 Å². The molecule has 3 rings (SSSR count). The van der Waals surface area contributed by atoms with Crippen LogP contribution in [0.3, 0.4) is 0 Å². The Hall–Kier alpha value is -2.08. The van der Waals surface area contributed by atoms with Crippen LogP contribution in [0.25, 0.3) is 0 Å². The SMILES string of the molecule is Cc1cc(C)c(N2CC[C@H](NC(=O)N3CC(CO)C3)C2=O)c(C)c1. The van der Waals surface area contributed by atoms with Gasteiger partial charge in [0.2, 0.25) is 5.91 Å². The third kappa shape index (κ3) is 2.98. The molecule has 0 unspecified atom stereocenters. The van der Waals surface area contributed by atoms with Gasteiger partial charge in [-0.2, -0.15) is 0 Å². The molecule has 2 aliphatic rings. The molecule has 1 aromatic rings. The number of nitrogens with zero attached hydrogens (tertiary/aromatic N) is 2. The molecule has 1 aromatic carbocycles. The van der Waals surface area contributed by atoms with Gasteiger partial charge in [-0.1, -0.05) is 17.7 Å². The van der Waals surface area contributed by atoms with Crippen molar-refractivity contribution in [2.24, 2.45) is 5.92 Å². The number of hydrogen-bond acceptors (Lipinski definition) is 3. The number of aliphatic hydroxyl groups excluding tert-OH is 1. The first-order valence-corrected chi connectivity index (χ1v) is 8.46. The predicted octanol–water partition coefficient (Wildman–Crippen LogP) is 1.35. The molecule has 2 fully saturated rings. The van der Waals surface area contributed by atoms with Crippen molar-refractivity contribution in [2.45, 2.75) is 33.2 Å². The number of likely N-dealkylation sites (tertiary alicyclic amines) is 1. The van der Waals surface area contributed by atoms with E-state index in [1.165, 1.54) is 5.56 Å². The number of hydrogen-bond donors (Lipinski definition) is 2. The Morgan fingerprint density at radius 1 is 1.25 bits per heavy atom. The van der Waals surface area contributed by atoms with Crippen molar-refractivity contribution in [3.05, 3.63) is 28.8 Å². The van der Waals surface area contributed by atoms with E-state index in [-0.39, 0.29) is 24.5 Å². The first-order chi connectivity index (χ1) is 11.4. The number of aryl methyl sites for hydroxylation is 3. The summed E-state index contributed by atoms with van der Waals surface area (Å²) in [6.45, 7) is 7.92. The van der Waals surface area contributed by atoms with E-state index in [9.17, 15) is 9.59 Å². The van der Waals surface area contributed by atoms with Crippen LogP contribution in [-0.2, 0) is 4.79 Å². The minimum atomic E-state index is -0.467. The molecule has 0 aliphatic carbocycles. The van der Waals surface area contributed by atoms with E-state index in [2.05, 4.69) is 17.4 Å². The van der Waals surface area contributed by atoms with Crippen LogP contribution in [0.1, 0.15) is 23.1 Å². The van der Waals surface area contributed by atoms with Crippen LogP contribution in [0.4, 0.5) is 10.5 Å². The Balaban J connectivity index is 1.66. The van der Waals surface area contributed by atoms with Gasteiger partial charge in [-0.15, -0.1) is 0 Å². The number of nitrogens with one attached hydrogen (secondary N) is 1. The zero-order valence-electron chi connectivity index (χ0n) is 14.5. The second kappa shape index (κ2) is 6.43. The Morgan fingerprint density at radius 2 is 1.88 bits per heavy atom. The Labute approximate surface area is 142 Å². The molecular weight excluding hydrogens is 306 g/mol. The summed E-state index contributed by atoms with van der Waals surface area (Å²) in [5.41, 5.74) is 4.32. The van der Waals surface area contributed by atoms with E-state index < -0.39 is 6.04 Å². The lowest BCUT2D eigenvalue weighted by molar-refractivity contribution is -0.118. The summed E-state index contributed by atoms with van der Waals surface area (Å²) >= 11 is 0. The molecule has 6 heteroatoms. The highest BCUT2D eigenvalue weighted by atomic mass is 16.3. The van der Waals surface area contributed by atoms with E-state index in [0.29, 0.717) is 26.1 Å². The number of aliphatic hydroxyl groups is 1. The van der Waals surface area contributed by atoms with Gasteiger partial charge in [-0.05, 0) is 38.3 Å². The lowest BCUT2D eigenvalue weighted by Gasteiger charge is -2.38. The van der Waals surface area contributed by atoms with E-state index in [4.69, 9.17) is 5.11 Å². The summed E-state index contributed by atoms with van der Waals surface area (Å²) in [5.74, 6) is 0.127. The van der Waals surface area contributed by atoms with Crippen molar-refractivity contribution in [1.29, 1.82) is 0 Å². The van der Waals surface area contributed by atoms with Gasteiger partial charge in [0, 0.05) is 37.8 Å². The topological polar surface area (TPSA) is 72.9 Å². The van der Waals surface area contributed by atoms with Gasteiger partial charge in [0.05, 0.1) is 0 Å². The molecule has 0 saturated carbocycles. The van der Waals surface area contributed by atoms with Gasteiger partial charge in [-0.3, -0.25) is 4.79 Å². The minimum absolute atomic E-state index is 0.0439. The highest BCUT2D eigenvalue weighted by Gasteiger charge is 2.37. The standard InChI is InChI=1S/C18H25N3O3/c1-11-6-12(2)16(13(3)7-11)21-5-4-15(17(21)23)19-18(24)20-8-14(9-20)10-22/h6-7,14-15,22H,4-5,8-10H2,1-3H3,(H,19,24)/t15-/m0/s1. The maximum Gasteiger partial charge on any atom is 0.318 e. The molecule has 0 bridgehead atoms. The molecule has 2 N–H and O–H groups in total. The van der Waals surface area contributed by atoms with Crippen LogP contribution in [-0.4, -0.2) is 54.2 Å². The van der Waals surface area contributed by atoms with Crippen molar-refractivity contribution in [3.8, 4) is 0 Å². The average Bonchev–Trinajstić information content (AvgIpc) is 2.78. The summed E-state index contributed by atoms with van der Waals surface area (Å²) in [4.78, 5) is 28.3. The second-order valence-corrected chi connectivity index (χ2v) is 6.98. The fourth-order valence-corrected chi connectivity index (χ4v) is 3.73. The first kappa shape index (κ1) is 16.8. The third-order valence-electron chi connectivity index (χ3n) is 4.91. The van der Waals surface area contributed by atoms with Crippen molar-refractivity contribution in [1.82, 2.24) is 10.2 Å². The summed E-state index contributed by atoms with van der Waals surface area (Å²) < 4.78 is 0. The molecule has 2 saturated heterocycles. The second-order valence-electron chi connectivity index (χ2n) is 6.98. The third-order valence-corrected chi connectivity index (χ3v) is 4.91. The molecule has 1 atom stereocenters. The monoisotopic (exact) mass is 331 g/mol. The predicted molar refractivity (Wildman–Crippen MR) is 92.1 cm³/mol. The largest absolute Gasteiger partial charge is 0.396 e. The lowest BCUT2D eigenvalue weighted by Crippen LogP contribution is -2.57. The molecule has 24 heavy (non-hydrogen) atoms. The van der Waals surface area contributed by atoms with E-state index in [1.807, 2.05) is 20.8 Å². The number of amides is 3. The summed E-state index contributed by atoms with van der Waals surface area (Å²) in [5, 5.41) is 11.9. The quantitative estimate of drug-likeness (QED) is 0.878. The van der Waals surface area contributed by atoms with Gasteiger partial charge < -0.3 is 20.2 Å². The van der Waals surface area contributed by atoms with Crippen molar-refractivity contribution in [3.63, 3.8) is 0 Å².